The van der Waals surface area contributed by atoms with Crippen molar-refractivity contribution in [2.75, 3.05) is 13.1 Å². The van der Waals surface area contributed by atoms with Crippen LogP contribution in [0.4, 0.5) is 0 Å². The van der Waals surface area contributed by atoms with E-state index in [2.05, 4.69) is 26.1 Å². The molecule has 1 aliphatic carbocycles. The van der Waals surface area contributed by atoms with E-state index in [1.807, 2.05) is 0 Å². The normalized spacial score (nSPS) is 22.2. The predicted octanol–water partition coefficient (Wildman–Crippen LogP) is 2.53. The van der Waals surface area contributed by atoms with E-state index < -0.39 is 0 Å². The van der Waals surface area contributed by atoms with Crippen LogP contribution in [-0.2, 0) is 0 Å². The number of hydrogen-bond acceptors (Lipinski definition) is 2. The van der Waals surface area contributed by atoms with Gasteiger partial charge < -0.3 is 11.1 Å². The molecule has 2 nitrogen and oxygen atoms in total. The quantitative estimate of drug-likeness (QED) is 0.710. The maximum atomic E-state index is 5.64. The standard InChI is InChI=1S/C13H28N2/c1-11(2)8-13(6-4-5-7-13)10-15-12(3)9-14/h11-12,15H,4-10,14H2,1-3H3/t12-/m1/s1. The van der Waals surface area contributed by atoms with Crippen molar-refractivity contribution in [2.24, 2.45) is 17.1 Å². The average Bonchev–Trinajstić information content (AvgIpc) is 2.62. The molecule has 0 unspecified atom stereocenters. The molecule has 0 spiro atoms. The smallest absolute Gasteiger partial charge is 0.0162 e. The summed E-state index contributed by atoms with van der Waals surface area (Å²) in [5.41, 5.74) is 6.22. The first-order chi connectivity index (χ1) is 7.08. The highest BCUT2D eigenvalue weighted by atomic mass is 14.9. The van der Waals surface area contributed by atoms with Gasteiger partial charge in [-0.05, 0) is 37.5 Å². The summed E-state index contributed by atoms with van der Waals surface area (Å²) in [4.78, 5) is 0. The molecule has 0 amide bonds. The zero-order valence-electron chi connectivity index (χ0n) is 10.7. The largest absolute Gasteiger partial charge is 0.329 e. The lowest BCUT2D eigenvalue weighted by Gasteiger charge is -2.32. The van der Waals surface area contributed by atoms with Crippen LogP contribution in [0, 0.1) is 11.3 Å². The fourth-order valence-corrected chi connectivity index (χ4v) is 2.92. The summed E-state index contributed by atoms with van der Waals surface area (Å²) in [5, 5.41) is 3.60. The molecule has 1 aliphatic rings. The first-order valence-electron chi connectivity index (χ1n) is 6.51. The molecule has 1 atom stereocenters. The van der Waals surface area contributed by atoms with Crippen molar-refractivity contribution >= 4 is 0 Å². The highest BCUT2D eigenvalue weighted by Crippen LogP contribution is 2.42. The number of rotatable bonds is 6. The van der Waals surface area contributed by atoms with Crippen LogP contribution >= 0.6 is 0 Å². The van der Waals surface area contributed by atoms with Gasteiger partial charge in [-0.15, -0.1) is 0 Å². The van der Waals surface area contributed by atoms with Crippen molar-refractivity contribution in [2.45, 2.75) is 58.9 Å². The molecule has 90 valence electrons. The van der Waals surface area contributed by atoms with Crippen molar-refractivity contribution in [1.29, 1.82) is 0 Å². The first kappa shape index (κ1) is 13.0. The molecule has 0 heterocycles. The number of nitrogens with one attached hydrogen (secondary N) is 1. The molecular formula is C13H28N2. The topological polar surface area (TPSA) is 38.0 Å². The minimum absolute atomic E-state index is 0.467. The van der Waals surface area contributed by atoms with Crippen LogP contribution in [0.3, 0.4) is 0 Å². The summed E-state index contributed by atoms with van der Waals surface area (Å²) < 4.78 is 0. The Labute approximate surface area is 95.0 Å². The van der Waals surface area contributed by atoms with E-state index in [9.17, 15) is 0 Å². The van der Waals surface area contributed by atoms with Crippen LogP contribution in [0.2, 0.25) is 0 Å². The van der Waals surface area contributed by atoms with Gasteiger partial charge in [0.15, 0.2) is 0 Å². The number of hydrogen-bond donors (Lipinski definition) is 2. The maximum Gasteiger partial charge on any atom is 0.0162 e. The minimum atomic E-state index is 0.467. The van der Waals surface area contributed by atoms with Gasteiger partial charge in [0, 0.05) is 19.1 Å². The molecule has 1 saturated carbocycles. The van der Waals surface area contributed by atoms with E-state index >= 15 is 0 Å². The van der Waals surface area contributed by atoms with E-state index in [4.69, 9.17) is 5.73 Å². The minimum Gasteiger partial charge on any atom is -0.329 e. The van der Waals surface area contributed by atoms with E-state index in [-0.39, 0.29) is 0 Å². The zero-order valence-corrected chi connectivity index (χ0v) is 10.7. The Kier molecular flexibility index (Phi) is 5.07. The van der Waals surface area contributed by atoms with Crippen molar-refractivity contribution in [1.82, 2.24) is 5.32 Å². The fourth-order valence-electron chi connectivity index (χ4n) is 2.92. The predicted molar refractivity (Wildman–Crippen MR) is 66.9 cm³/mol. The monoisotopic (exact) mass is 212 g/mol. The molecule has 1 fully saturated rings. The van der Waals surface area contributed by atoms with Crippen molar-refractivity contribution in [3.05, 3.63) is 0 Å². The lowest BCUT2D eigenvalue weighted by molar-refractivity contribution is 0.217. The van der Waals surface area contributed by atoms with Gasteiger partial charge in [0.1, 0.15) is 0 Å². The Bertz CT molecular complexity index is 171. The highest BCUT2D eigenvalue weighted by Gasteiger charge is 2.34. The van der Waals surface area contributed by atoms with Crippen LogP contribution < -0.4 is 11.1 Å². The second-order valence-electron chi connectivity index (χ2n) is 5.82. The molecule has 0 aromatic carbocycles. The second kappa shape index (κ2) is 5.86. The molecule has 1 rings (SSSR count). The third-order valence-electron chi connectivity index (χ3n) is 3.68. The molecule has 0 aromatic heterocycles. The summed E-state index contributed by atoms with van der Waals surface area (Å²) in [7, 11) is 0. The summed E-state index contributed by atoms with van der Waals surface area (Å²) in [6.45, 7) is 8.78. The zero-order chi connectivity index (χ0) is 11.3. The van der Waals surface area contributed by atoms with Gasteiger partial charge in [0.25, 0.3) is 0 Å². The lowest BCUT2D eigenvalue weighted by atomic mass is 9.78. The van der Waals surface area contributed by atoms with Crippen LogP contribution in [0.1, 0.15) is 52.9 Å². The molecule has 0 radical (unpaired) electrons. The van der Waals surface area contributed by atoms with Crippen molar-refractivity contribution in [3.63, 3.8) is 0 Å². The van der Waals surface area contributed by atoms with Crippen LogP contribution in [0.15, 0.2) is 0 Å². The Balaban J connectivity index is 2.42. The lowest BCUT2D eigenvalue weighted by Crippen LogP contribution is -2.41. The summed E-state index contributed by atoms with van der Waals surface area (Å²) >= 11 is 0. The SMILES string of the molecule is CC(C)CC1(CN[C@H](C)CN)CCCC1. The molecular weight excluding hydrogens is 184 g/mol. The Hall–Kier alpha value is -0.0800. The van der Waals surface area contributed by atoms with Gasteiger partial charge in [0.05, 0.1) is 0 Å². The van der Waals surface area contributed by atoms with E-state index in [0.717, 1.165) is 12.5 Å². The molecule has 2 heteroatoms. The van der Waals surface area contributed by atoms with E-state index in [1.54, 1.807) is 0 Å². The molecule has 0 aliphatic heterocycles. The number of nitrogens with two attached hydrogens (primary N) is 1. The Morgan fingerprint density at radius 1 is 1.20 bits per heavy atom. The molecule has 15 heavy (non-hydrogen) atoms. The molecule has 0 saturated heterocycles. The average molecular weight is 212 g/mol. The third-order valence-corrected chi connectivity index (χ3v) is 3.68. The van der Waals surface area contributed by atoms with Gasteiger partial charge in [-0.2, -0.15) is 0 Å². The molecule has 0 bridgehead atoms. The maximum absolute atomic E-state index is 5.64. The first-order valence-corrected chi connectivity index (χ1v) is 6.51. The second-order valence-corrected chi connectivity index (χ2v) is 5.82. The summed E-state index contributed by atoms with van der Waals surface area (Å²) in [5.74, 6) is 0.818. The summed E-state index contributed by atoms with van der Waals surface area (Å²) in [6.07, 6.45) is 7.04. The van der Waals surface area contributed by atoms with Gasteiger partial charge >= 0.3 is 0 Å². The van der Waals surface area contributed by atoms with Crippen LogP contribution in [0.5, 0.6) is 0 Å². The van der Waals surface area contributed by atoms with Crippen LogP contribution in [0.25, 0.3) is 0 Å². The molecule has 3 N–H and O–H groups in total. The van der Waals surface area contributed by atoms with E-state index in [0.29, 0.717) is 11.5 Å². The highest BCUT2D eigenvalue weighted by molar-refractivity contribution is 4.88. The van der Waals surface area contributed by atoms with E-state index in [1.165, 1.54) is 38.6 Å². The van der Waals surface area contributed by atoms with Gasteiger partial charge in [0.2, 0.25) is 0 Å². The van der Waals surface area contributed by atoms with Crippen molar-refractivity contribution < 1.29 is 0 Å². The van der Waals surface area contributed by atoms with Crippen LogP contribution in [-0.4, -0.2) is 19.1 Å². The van der Waals surface area contributed by atoms with Gasteiger partial charge in [-0.1, -0.05) is 26.7 Å². The third kappa shape index (κ3) is 4.12. The van der Waals surface area contributed by atoms with Gasteiger partial charge in [-0.3, -0.25) is 0 Å². The van der Waals surface area contributed by atoms with Gasteiger partial charge in [-0.25, -0.2) is 0 Å². The van der Waals surface area contributed by atoms with Crippen molar-refractivity contribution in [3.8, 4) is 0 Å². The molecule has 0 aromatic rings. The Morgan fingerprint density at radius 2 is 1.80 bits per heavy atom. The fraction of sp³-hybridized carbons (Fsp3) is 1.00. The Morgan fingerprint density at radius 3 is 2.27 bits per heavy atom. The summed E-state index contributed by atoms with van der Waals surface area (Å²) in [6, 6.07) is 0.467.